The third kappa shape index (κ3) is 11.0. The Kier molecular flexibility index (Phi) is 7.04. The molecule has 0 radical (unpaired) electrons. The van der Waals surface area contributed by atoms with Gasteiger partial charge in [0.1, 0.15) is 0 Å². The summed E-state index contributed by atoms with van der Waals surface area (Å²) >= 11 is 6.11. The zero-order chi connectivity index (χ0) is 13.7. The minimum Gasteiger partial charge on any atom is -0.214 e. The molecule has 0 aliphatic rings. The van der Waals surface area contributed by atoms with Crippen LogP contribution in [0.2, 0.25) is 0 Å². The summed E-state index contributed by atoms with van der Waals surface area (Å²) in [6, 6.07) is 0. The van der Waals surface area contributed by atoms with Gasteiger partial charge in [-0.25, -0.2) is 13.1 Å². The molecular formula is C12H26ClNO2S. The van der Waals surface area contributed by atoms with Crippen molar-refractivity contribution < 1.29 is 8.42 Å². The summed E-state index contributed by atoms with van der Waals surface area (Å²) in [5.41, 5.74) is 0.121. The van der Waals surface area contributed by atoms with Crippen LogP contribution in [-0.2, 0) is 10.0 Å². The van der Waals surface area contributed by atoms with Gasteiger partial charge in [-0.05, 0) is 24.2 Å². The highest BCUT2D eigenvalue weighted by molar-refractivity contribution is 7.89. The van der Waals surface area contributed by atoms with Crippen molar-refractivity contribution in [2.24, 2.45) is 11.3 Å². The molecule has 1 atom stereocenters. The molecule has 17 heavy (non-hydrogen) atoms. The predicted octanol–water partition coefficient (Wildman–Crippen LogP) is 3.00. The highest BCUT2D eigenvalue weighted by Crippen LogP contribution is 2.23. The van der Waals surface area contributed by atoms with Crippen LogP contribution in [0.4, 0.5) is 0 Å². The van der Waals surface area contributed by atoms with Crippen molar-refractivity contribution in [2.75, 3.05) is 12.3 Å². The number of hydrogen-bond acceptors (Lipinski definition) is 2. The first-order chi connectivity index (χ1) is 7.52. The number of sulfonamides is 1. The van der Waals surface area contributed by atoms with E-state index in [0.29, 0.717) is 18.9 Å². The summed E-state index contributed by atoms with van der Waals surface area (Å²) in [6.07, 6.45) is 1.48. The highest BCUT2D eigenvalue weighted by Gasteiger charge is 2.19. The molecule has 0 saturated carbocycles. The lowest BCUT2D eigenvalue weighted by atomic mass is 9.90. The standard InChI is InChI=1S/C12H26ClNO2S/c1-10(2)6-7-17(15,16)14-9-11(13)8-12(3,4)5/h10-11,14H,6-9H2,1-5H3. The van der Waals surface area contributed by atoms with Crippen LogP contribution >= 0.6 is 11.6 Å². The van der Waals surface area contributed by atoms with E-state index in [1.807, 2.05) is 13.8 Å². The summed E-state index contributed by atoms with van der Waals surface area (Å²) in [5, 5.41) is -0.149. The van der Waals surface area contributed by atoms with E-state index < -0.39 is 10.0 Å². The molecule has 1 unspecified atom stereocenters. The minimum absolute atomic E-state index is 0.121. The van der Waals surface area contributed by atoms with Crippen molar-refractivity contribution in [3.05, 3.63) is 0 Å². The number of rotatable bonds is 7. The van der Waals surface area contributed by atoms with Gasteiger partial charge in [0.25, 0.3) is 0 Å². The molecule has 0 heterocycles. The maximum Gasteiger partial charge on any atom is 0.211 e. The molecule has 0 spiro atoms. The van der Waals surface area contributed by atoms with Crippen molar-refractivity contribution in [1.29, 1.82) is 0 Å². The Labute approximate surface area is 111 Å². The fraction of sp³-hybridized carbons (Fsp3) is 1.00. The number of halogens is 1. The van der Waals surface area contributed by atoms with E-state index in [1.165, 1.54) is 0 Å². The van der Waals surface area contributed by atoms with Gasteiger partial charge in [-0.15, -0.1) is 11.6 Å². The lowest BCUT2D eigenvalue weighted by molar-refractivity contribution is 0.369. The molecule has 0 bridgehead atoms. The average Bonchev–Trinajstić information content (AvgIpc) is 2.09. The fourth-order valence-electron chi connectivity index (χ4n) is 1.42. The Balaban J connectivity index is 4.01. The highest BCUT2D eigenvalue weighted by atomic mass is 35.5. The largest absolute Gasteiger partial charge is 0.214 e. The predicted molar refractivity (Wildman–Crippen MR) is 75.0 cm³/mol. The fourth-order valence-corrected chi connectivity index (χ4v) is 3.43. The third-order valence-electron chi connectivity index (χ3n) is 2.32. The van der Waals surface area contributed by atoms with E-state index in [9.17, 15) is 8.42 Å². The third-order valence-corrected chi connectivity index (χ3v) is 4.01. The summed E-state index contributed by atoms with van der Waals surface area (Å²) in [7, 11) is -3.16. The normalized spacial score (nSPS) is 15.2. The second-order valence-corrected chi connectivity index (χ2v) is 8.76. The maximum atomic E-state index is 11.6. The number of alkyl halides is 1. The SMILES string of the molecule is CC(C)CCS(=O)(=O)NCC(Cl)CC(C)(C)C. The molecule has 3 nitrogen and oxygen atoms in total. The molecule has 0 aromatic carbocycles. The first kappa shape index (κ1) is 17.2. The molecular weight excluding hydrogens is 258 g/mol. The van der Waals surface area contributed by atoms with Crippen molar-refractivity contribution in [2.45, 2.75) is 52.8 Å². The Hall–Kier alpha value is 0.200. The molecule has 0 fully saturated rings. The quantitative estimate of drug-likeness (QED) is 0.730. The summed E-state index contributed by atoms with van der Waals surface area (Å²) in [6.45, 7) is 10.6. The summed E-state index contributed by atoms with van der Waals surface area (Å²) in [4.78, 5) is 0. The Morgan fingerprint density at radius 1 is 1.24 bits per heavy atom. The smallest absolute Gasteiger partial charge is 0.211 e. The number of hydrogen-bond donors (Lipinski definition) is 1. The topological polar surface area (TPSA) is 46.2 Å². The van der Waals surface area contributed by atoms with Gasteiger partial charge in [0.05, 0.1) is 5.75 Å². The molecule has 0 aliphatic heterocycles. The molecule has 0 aliphatic carbocycles. The van der Waals surface area contributed by atoms with Gasteiger partial charge >= 0.3 is 0 Å². The van der Waals surface area contributed by atoms with Gasteiger partial charge in [-0.2, -0.15) is 0 Å². The van der Waals surface area contributed by atoms with E-state index in [0.717, 1.165) is 6.42 Å². The van der Waals surface area contributed by atoms with Crippen LogP contribution in [-0.4, -0.2) is 26.1 Å². The van der Waals surface area contributed by atoms with Gasteiger partial charge in [0, 0.05) is 11.9 Å². The minimum atomic E-state index is -3.16. The zero-order valence-corrected chi connectivity index (χ0v) is 13.2. The summed E-state index contributed by atoms with van der Waals surface area (Å²) in [5.74, 6) is 0.581. The van der Waals surface area contributed by atoms with E-state index in [1.54, 1.807) is 0 Å². The molecule has 0 rings (SSSR count). The van der Waals surface area contributed by atoms with E-state index in [-0.39, 0.29) is 16.5 Å². The molecule has 0 saturated heterocycles. The average molecular weight is 284 g/mol. The Bertz CT molecular complexity index is 307. The zero-order valence-electron chi connectivity index (χ0n) is 11.6. The Morgan fingerprint density at radius 3 is 2.18 bits per heavy atom. The van der Waals surface area contributed by atoms with Gasteiger partial charge in [0.15, 0.2) is 0 Å². The van der Waals surface area contributed by atoms with Crippen LogP contribution in [0.25, 0.3) is 0 Å². The van der Waals surface area contributed by atoms with E-state index in [4.69, 9.17) is 11.6 Å². The van der Waals surface area contributed by atoms with Crippen LogP contribution in [0.1, 0.15) is 47.5 Å². The van der Waals surface area contributed by atoms with Crippen LogP contribution in [0.15, 0.2) is 0 Å². The van der Waals surface area contributed by atoms with Crippen molar-refractivity contribution >= 4 is 21.6 Å². The van der Waals surface area contributed by atoms with Crippen LogP contribution in [0, 0.1) is 11.3 Å². The van der Waals surface area contributed by atoms with E-state index >= 15 is 0 Å². The van der Waals surface area contributed by atoms with Gasteiger partial charge < -0.3 is 0 Å². The monoisotopic (exact) mass is 283 g/mol. The van der Waals surface area contributed by atoms with Gasteiger partial charge in [-0.1, -0.05) is 34.6 Å². The van der Waals surface area contributed by atoms with Crippen molar-refractivity contribution in [3.63, 3.8) is 0 Å². The van der Waals surface area contributed by atoms with Crippen LogP contribution < -0.4 is 4.72 Å². The molecule has 0 aromatic rings. The molecule has 104 valence electrons. The van der Waals surface area contributed by atoms with Crippen molar-refractivity contribution in [3.8, 4) is 0 Å². The molecule has 0 aromatic heterocycles. The Morgan fingerprint density at radius 2 is 1.76 bits per heavy atom. The van der Waals surface area contributed by atoms with Crippen LogP contribution in [0.5, 0.6) is 0 Å². The second-order valence-electron chi connectivity index (χ2n) is 6.21. The molecule has 1 N–H and O–H groups in total. The molecule has 0 amide bonds. The summed E-state index contributed by atoms with van der Waals surface area (Å²) < 4.78 is 25.8. The van der Waals surface area contributed by atoms with Crippen molar-refractivity contribution in [1.82, 2.24) is 4.72 Å². The van der Waals surface area contributed by atoms with Gasteiger partial charge in [-0.3, -0.25) is 0 Å². The molecule has 5 heteroatoms. The maximum absolute atomic E-state index is 11.6. The lowest BCUT2D eigenvalue weighted by Crippen LogP contribution is -2.33. The van der Waals surface area contributed by atoms with Gasteiger partial charge in [0.2, 0.25) is 10.0 Å². The lowest BCUT2D eigenvalue weighted by Gasteiger charge is -2.22. The number of nitrogens with one attached hydrogen (secondary N) is 1. The second kappa shape index (κ2) is 6.95. The first-order valence-electron chi connectivity index (χ1n) is 6.13. The van der Waals surface area contributed by atoms with E-state index in [2.05, 4.69) is 25.5 Å². The van der Waals surface area contributed by atoms with Crippen LogP contribution in [0.3, 0.4) is 0 Å². The first-order valence-corrected chi connectivity index (χ1v) is 8.22.